The van der Waals surface area contributed by atoms with Gasteiger partial charge in [0.25, 0.3) is 0 Å². The third-order valence-corrected chi connectivity index (χ3v) is 4.30. The maximum atomic E-state index is 11.1. The first-order chi connectivity index (χ1) is 8.63. The Labute approximate surface area is 109 Å². The number of carboxylic acids is 1. The van der Waals surface area contributed by atoms with Gasteiger partial charge in [0, 0.05) is 37.4 Å². The molecule has 1 saturated heterocycles. The third-order valence-electron chi connectivity index (χ3n) is 3.53. The first-order valence-corrected chi connectivity index (χ1v) is 6.87. The number of aliphatic carboxylic acids is 1. The number of rotatable bonds is 3. The quantitative estimate of drug-likeness (QED) is 0.914. The fourth-order valence-corrected chi connectivity index (χ4v) is 3.32. The molecule has 2 aromatic heterocycles. The second-order valence-corrected chi connectivity index (χ2v) is 5.81. The van der Waals surface area contributed by atoms with Crippen molar-refractivity contribution in [3.63, 3.8) is 0 Å². The molecule has 1 fully saturated rings. The average Bonchev–Trinajstić information content (AvgIpc) is 2.92. The van der Waals surface area contributed by atoms with Crippen molar-refractivity contribution < 1.29 is 9.90 Å². The number of carboxylic acid groups (broad SMARTS) is 1. The molecule has 6 heteroatoms. The zero-order valence-electron chi connectivity index (χ0n) is 10.1. The molecular weight excluding hydrogens is 250 g/mol. The second kappa shape index (κ2) is 4.37. The fourth-order valence-electron chi connectivity index (χ4n) is 2.60. The Balaban J connectivity index is 1.70. The first kappa shape index (κ1) is 11.7. The predicted octanol–water partition coefficient (Wildman–Crippen LogP) is 1.55. The molecule has 0 aliphatic carbocycles. The Morgan fingerprint density at radius 2 is 2.44 bits per heavy atom. The molecule has 1 aliphatic heterocycles. The number of imidazole rings is 1. The van der Waals surface area contributed by atoms with Crippen LogP contribution in [0.25, 0.3) is 4.96 Å². The van der Waals surface area contributed by atoms with Crippen LogP contribution in [-0.2, 0) is 11.3 Å². The second-order valence-electron chi connectivity index (χ2n) is 4.94. The van der Waals surface area contributed by atoms with Crippen LogP contribution in [0.15, 0.2) is 17.8 Å². The Morgan fingerprint density at radius 3 is 3.11 bits per heavy atom. The summed E-state index contributed by atoms with van der Waals surface area (Å²) in [5.41, 5.74) is 1.01. The molecule has 0 saturated carbocycles. The SMILES string of the molecule is CC1CN(Cc2cn3ccsc3n2)CC1C(=O)O. The summed E-state index contributed by atoms with van der Waals surface area (Å²) >= 11 is 1.61. The van der Waals surface area contributed by atoms with E-state index in [1.54, 1.807) is 11.3 Å². The maximum Gasteiger partial charge on any atom is 0.308 e. The summed E-state index contributed by atoms with van der Waals surface area (Å²) in [7, 11) is 0. The average molecular weight is 265 g/mol. The molecule has 0 radical (unpaired) electrons. The van der Waals surface area contributed by atoms with Gasteiger partial charge in [-0.2, -0.15) is 0 Å². The van der Waals surface area contributed by atoms with Crippen molar-refractivity contribution >= 4 is 22.3 Å². The van der Waals surface area contributed by atoms with Crippen molar-refractivity contribution in [2.75, 3.05) is 13.1 Å². The lowest BCUT2D eigenvalue weighted by molar-refractivity contribution is -0.142. The minimum atomic E-state index is -0.684. The standard InChI is InChI=1S/C12H15N3O2S/c1-8-4-14(7-10(8)11(16)17)5-9-6-15-2-3-18-12(15)13-9/h2-3,6,8,10H,4-5,7H2,1H3,(H,16,17). The summed E-state index contributed by atoms with van der Waals surface area (Å²) in [6.45, 7) is 4.21. The molecule has 1 aliphatic rings. The lowest BCUT2D eigenvalue weighted by Crippen LogP contribution is -2.23. The van der Waals surface area contributed by atoms with E-state index in [0.29, 0.717) is 6.54 Å². The fraction of sp³-hybridized carbons (Fsp3) is 0.500. The van der Waals surface area contributed by atoms with Crippen LogP contribution >= 0.6 is 11.3 Å². The molecule has 2 atom stereocenters. The zero-order chi connectivity index (χ0) is 12.7. The van der Waals surface area contributed by atoms with Gasteiger partial charge in [-0.05, 0) is 5.92 Å². The van der Waals surface area contributed by atoms with Crippen molar-refractivity contribution in [2.45, 2.75) is 13.5 Å². The largest absolute Gasteiger partial charge is 0.481 e. The van der Waals surface area contributed by atoms with Gasteiger partial charge < -0.3 is 5.11 Å². The summed E-state index contributed by atoms with van der Waals surface area (Å²) in [4.78, 5) is 18.8. The molecule has 2 unspecified atom stereocenters. The van der Waals surface area contributed by atoms with Gasteiger partial charge in [-0.25, -0.2) is 4.98 Å². The van der Waals surface area contributed by atoms with Crippen LogP contribution in [0.3, 0.4) is 0 Å². The highest BCUT2D eigenvalue weighted by atomic mass is 32.1. The molecule has 0 aromatic carbocycles. The number of hydrogen-bond donors (Lipinski definition) is 1. The van der Waals surface area contributed by atoms with E-state index in [0.717, 1.165) is 23.7 Å². The van der Waals surface area contributed by atoms with Crippen molar-refractivity contribution in [2.24, 2.45) is 11.8 Å². The van der Waals surface area contributed by atoms with Gasteiger partial charge in [0.05, 0.1) is 11.6 Å². The summed E-state index contributed by atoms with van der Waals surface area (Å²) in [5, 5.41) is 11.1. The van der Waals surface area contributed by atoms with Gasteiger partial charge >= 0.3 is 5.97 Å². The molecule has 3 heterocycles. The van der Waals surface area contributed by atoms with Crippen LogP contribution in [0.5, 0.6) is 0 Å². The molecule has 2 aromatic rings. The Bertz CT molecular complexity index is 548. The Kier molecular flexibility index (Phi) is 2.83. The summed E-state index contributed by atoms with van der Waals surface area (Å²) in [5.74, 6) is -0.712. The predicted molar refractivity (Wildman–Crippen MR) is 68.6 cm³/mol. The summed E-state index contributed by atoms with van der Waals surface area (Å²) < 4.78 is 2.01. The van der Waals surface area contributed by atoms with E-state index >= 15 is 0 Å². The van der Waals surface area contributed by atoms with Crippen LogP contribution in [0, 0.1) is 11.8 Å². The number of hydrogen-bond acceptors (Lipinski definition) is 4. The molecule has 0 spiro atoms. The van der Waals surface area contributed by atoms with Crippen molar-refractivity contribution in [3.8, 4) is 0 Å². The van der Waals surface area contributed by atoms with E-state index in [1.807, 2.05) is 29.1 Å². The van der Waals surface area contributed by atoms with Crippen molar-refractivity contribution in [1.82, 2.24) is 14.3 Å². The molecular formula is C12H15N3O2S. The topological polar surface area (TPSA) is 57.8 Å². The van der Waals surface area contributed by atoms with E-state index < -0.39 is 5.97 Å². The molecule has 3 rings (SSSR count). The molecule has 5 nitrogen and oxygen atoms in total. The van der Waals surface area contributed by atoms with Crippen molar-refractivity contribution in [1.29, 1.82) is 0 Å². The Hall–Kier alpha value is -1.40. The van der Waals surface area contributed by atoms with Crippen LogP contribution in [0.1, 0.15) is 12.6 Å². The normalized spacial score (nSPS) is 24.9. The summed E-state index contributed by atoms with van der Waals surface area (Å²) in [6, 6.07) is 0. The number of thiazole rings is 1. The van der Waals surface area contributed by atoms with E-state index in [1.165, 1.54) is 0 Å². The van der Waals surface area contributed by atoms with Gasteiger partial charge in [0.15, 0.2) is 4.96 Å². The molecule has 0 bridgehead atoms. The Morgan fingerprint density at radius 1 is 1.61 bits per heavy atom. The monoisotopic (exact) mass is 265 g/mol. The minimum absolute atomic E-state index is 0.214. The number of likely N-dealkylation sites (tertiary alicyclic amines) is 1. The molecule has 18 heavy (non-hydrogen) atoms. The highest BCUT2D eigenvalue weighted by Gasteiger charge is 2.34. The highest BCUT2D eigenvalue weighted by Crippen LogP contribution is 2.24. The number of carbonyl (C=O) groups is 1. The molecule has 96 valence electrons. The van der Waals surface area contributed by atoms with Gasteiger partial charge in [-0.1, -0.05) is 6.92 Å². The lowest BCUT2D eigenvalue weighted by Gasteiger charge is -2.12. The number of aromatic nitrogens is 2. The number of fused-ring (bicyclic) bond motifs is 1. The van der Waals surface area contributed by atoms with Gasteiger partial charge in [0.1, 0.15) is 0 Å². The van der Waals surface area contributed by atoms with Crippen LogP contribution < -0.4 is 0 Å². The smallest absolute Gasteiger partial charge is 0.308 e. The van der Waals surface area contributed by atoms with E-state index in [4.69, 9.17) is 5.11 Å². The number of nitrogens with zero attached hydrogens (tertiary/aromatic N) is 3. The lowest BCUT2D eigenvalue weighted by atomic mass is 9.99. The first-order valence-electron chi connectivity index (χ1n) is 5.99. The third kappa shape index (κ3) is 2.02. The van der Waals surface area contributed by atoms with Gasteiger partial charge in [-0.15, -0.1) is 11.3 Å². The van der Waals surface area contributed by atoms with Crippen molar-refractivity contribution in [3.05, 3.63) is 23.5 Å². The minimum Gasteiger partial charge on any atom is -0.481 e. The van der Waals surface area contributed by atoms with E-state index in [2.05, 4.69) is 9.88 Å². The summed E-state index contributed by atoms with van der Waals surface area (Å²) in [6.07, 6.45) is 4.01. The van der Waals surface area contributed by atoms with E-state index in [9.17, 15) is 4.79 Å². The van der Waals surface area contributed by atoms with Gasteiger partial charge in [0.2, 0.25) is 0 Å². The maximum absolute atomic E-state index is 11.1. The van der Waals surface area contributed by atoms with Crippen LogP contribution in [0.2, 0.25) is 0 Å². The molecule has 0 amide bonds. The zero-order valence-corrected chi connectivity index (χ0v) is 10.9. The van der Waals surface area contributed by atoms with Gasteiger partial charge in [-0.3, -0.25) is 14.1 Å². The van der Waals surface area contributed by atoms with Crippen LogP contribution in [0.4, 0.5) is 0 Å². The van der Waals surface area contributed by atoms with E-state index in [-0.39, 0.29) is 11.8 Å². The van der Waals surface area contributed by atoms with Crippen LogP contribution in [-0.4, -0.2) is 38.4 Å². The molecule has 1 N–H and O–H groups in total. The highest BCUT2D eigenvalue weighted by molar-refractivity contribution is 7.15.